The van der Waals surface area contributed by atoms with Crippen LogP contribution in [0.5, 0.6) is 0 Å². The SMILES string of the molecule is CCN(CC)S(=O)(=O)c1cccc(NC(=O)CN(C)Cc2ccc(C(C)(C)C)cc2)c1. The number of nitrogens with zero attached hydrogens (tertiary/aromatic N) is 2. The summed E-state index contributed by atoms with van der Waals surface area (Å²) in [6.45, 7) is 11.8. The molecule has 0 aliphatic heterocycles. The lowest BCUT2D eigenvalue weighted by Gasteiger charge is -2.21. The van der Waals surface area contributed by atoms with E-state index in [1.807, 2.05) is 11.9 Å². The third-order valence-electron chi connectivity index (χ3n) is 5.15. The number of nitrogens with one attached hydrogen (secondary N) is 1. The number of sulfonamides is 1. The number of rotatable bonds is 9. The Bertz CT molecular complexity index is 976. The van der Waals surface area contributed by atoms with Gasteiger partial charge in [-0.2, -0.15) is 4.31 Å². The molecule has 0 radical (unpaired) electrons. The molecule has 0 aliphatic carbocycles. The molecule has 0 aromatic heterocycles. The fraction of sp³-hybridized carbons (Fsp3) is 0.458. The van der Waals surface area contributed by atoms with Crippen molar-refractivity contribution in [3.63, 3.8) is 0 Å². The lowest BCUT2D eigenvalue weighted by Crippen LogP contribution is -2.31. The van der Waals surface area contributed by atoms with Crippen LogP contribution < -0.4 is 5.32 Å². The second kappa shape index (κ2) is 10.4. The molecular formula is C24H35N3O3S. The fourth-order valence-corrected chi connectivity index (χ4v) is 4.87. The molecule has 0 saturated heterocycles. The van der Waals surface area contributed by atoms with Crippen LogP contribution in [0.4, 0.5) is 5.69 Å². The zero-order valence-electron chi connectivity index (χ0n) is 19.5. The minimum Gasteiger partial charge on any atom is -0.325 e. The minimum absolute atomic E-state index is 0.109. The van der Waals surface area contributed by atoms with Crippen molar-refractivity contribution in [2.45, 2.75) is 51.5 Å². The van der Waals surface area contributed by atoms with Gasteiger partial charge in [0.15, 0.2) is 0 Å². The molecule has 0 fully saturated rings. The van der Waals surface area contributed by atoms with E-state index in [1.54, 1.807) is 32.0 Å². The van der Waals surface area contributed by atoms with Gasteiger partial charge in [-0.3, -0.25) is 9.69 Å². The third-order valence-corrected chi connectivity index (χ3v) is 7.19. The smallest absolute Gasteiger partial charge is 0.243 e. The predicted octanol–water partition coefficient (Wildman–Crippen LogP) is 4.09. The minimum atomic E-state index is -3.57. The average Bonchev–Trinajstić information content (AvgIpc) is 2.68. The number of carbonyl (C=O) groups excluding carboxylic acids is 1. The first-order valence-corrected chi connectivity index (χ1v) is 12.1. The predicted molar refractivity (Wildman–Crippen MR) is 127 cm³/mol. The summed E-state index contributed by atoms with van der Waals surface area (Å²) in [5, 5.41) is 2.81. The molecule has 2 aromatic rings. The monoisotopic (exact) mass is 445 g/mol. The lowest BCUT2D eigenvalue weighted by molar-refractivity contribution is -0.117. The van der Waals surface area contributed by atoms with Crippen molar-refractivity contribution in [2.24, 2.45) is 0 Å². The van der Waals surface area contributed by atoms with Crippen molar-refractivity contribution < 1.29 is 13.2 Å². The number of amides is 1. The van der Waals surface area contributed by atoms with Gasteiger partial charge in [-0.1, -0.05) is 65.0 Å². The molecule has 1 N–H and O–H groups in total. The van der Waals surface area contributed by atoms with E-state index in [9.17, 15) is 13.2 Å². The lowest BCUT2D eigenvalue weighted by atomic mass is 9.87. The standard InChI is InChI=1S/C24H35N3O3S/c1-7-27(8-2)31(29,30)22-11-9-10-21(16-22)25-23(28)18-26(6)17-19-12-14-20(15-13-19)24(3,4)5/h9-16H,7-8,17-18H2,1-6H3,(H,25,28). The summed E-state index contributed by atoms with van der Waals surface area (Å²) < 4.78 is 26.8. The molecular weight excluding hydrogens is 410 g/mol. The molecule has 0 aliphatic rings. The molecule has 0 heterocycles. The van der Waals surface area contributed by atoms with Gasteiger partial charge < -0.3 is 5.32 Å². The summed E-state index contributed by atoms with van der Waals surface area (Å²) in [6.07, 6.45) is 0. The first-order valence-electron chi connectivity index (χ1n) is 10.7. The van der Waals surface area contributed by atoms with Gasteiger partial charge >= 0.3 is 0 Å². The molecule has 31 heavy (non-hydrogen) atoms. The Morgan fingerprint density at radius 1 is 1.00 bits per heavy atom. The van der Waals surface area contributed by atoms with Gasteiger partial charge in [-0.25, -0.2) is 8.42 Å². The first-order chi connectivity index (χ1) is 14.5. The van der Waals surface area contributed by atoms with E-state index in [0.29, 0.717) is 25.3 Å². The highest BCUT2D eigenvalue weighted by Gasteiger charge is 2.22. The largest absolute Gasteiger partial charge is 0.325 e. The van der Waals surface area contributed by atoms with Crippen LogP contribution in [-0.4, -0.2) is 50.2 Å². The van der Waals surface area contributed by atoms with Crippen LogP contribution in [-0.2, 0) is 26.8 Å². The van der Waals surface area contributed by atoms with Crippen LogP contribution in [0.25, 0.3) is 0 Å². The van der Waals surface area contributed by atoms with Gasteiger partial charge in [-0.15, -0.1) is 0 Å². The highest BCUT2D eigenvalue weighted by molar-refractivity contribution is 7.89. The highest BCUT2D eigenvalue weighted by atomic mass is 32.2. The second-order valence-electron chi connectivity index (χ2n) is 8.78. The van der Waals surface area contributed by atoms with E-state index in [1.165, 1.54) is 15.9 Å². The summed E-state index contributed by atoms with van der Waals surface area (Å²) >= 11 is 0. The Morgan fingerprint density at radius 2 is 1.61 bits per heavy atom. The summed E-state index contributed by atoms with van der Waals surface area (Å²) in [6, 6.07) is 14.9. The number of likely N-dealkylation sites (N-methyl/N-ethyl adjacent to an activating group) is 1. The maximum atomic E-state index is 12.7. The molecule has 0 bridgehead atoms. The molecule has 1 amide bonds. The van der Waals surface area contributed by atoms with Crippen molar-refractivity contribution in [3.05, 3.63) is 59.7 Å². The van der Waals surface area contributed by atoms with Crippen LogP contribution >= 0.6 is 0 Å². The molecule has 170 valence electrons. The zero-order chi connectivity index (χ0) is 23.2. The van der Waals surface area contributed by atoms with E-state index in [-0.39, 0.29) is 22.8 Å². The normalized spacial score (nSPS) is 12.4. The van der Waals surface area contributed by atoms with Crippen molar-refractivity contribution in [1.29, 1.82) is 0 Å². The third kappa shape index (κ3) is 6.89. The molecule has 6 nitrogen and oxygen atoms in total. The van der Waals surface area contributed by atoms with E-state index >= 15 is 0 Å². The van der Waals surface area contributed by atoms with Gasteiger partial charge in [0.05, 0.1) is 11.4 Å². The maximum absolute atomic E-state index is 12.7. The van der Waals surface area contributed by atoms with Crippen LogP contribution in [0.3, 0.4) is 0 Å². The molecule has 2 aromatic carbocycles. The highest BCUT2D eigenvalue weighted by Crippen LogP contribution is 2.22. The summed E-state index contributed by atoms with van der Waals surface area (Å²) in [7, 11) is -1.68. The molecule has 0 unspecified atom stereocenters. The Morgan fingerprint density at radius 3 is 2.16 bits per heavy atom. The fourth-order valence-electron chi connectivity index (χ4n) is 3.37. The topological polar surface area (TPSA) is 69.7 Å². The van der Waals surface area contributed by atoms with Crippen molar-refractivity contribution in [2.75, 3.05) is 32.0 Å². The number of benzene rings is 2. The Hall–Kier alpha value is -2.22. The van der Waals surface area contributed by atoms with Gasteiger partial charge in [0.2, 0.25) is 15.9 Å². The van der Waals surface area contributed by atoms with E-state index < -0.39 is 10.0 Å². The number of anilines is 1. The van der Waals surface area contributed by atoms with E-state index in [2.05, 4.69) is 50.4 Å². The number of hydrogen-bond acceptors (Lipinski definition) is 4. The van der Waals surface area contributed by atoms with Gasteiger partial charge in [0.25, 0.3) is 0 Å². The van der Waals surface area contributed by atoms with Gasteiger partial charge in [-0.05, 0) is 41.8 Å². The number of hydrogen-bond donors (Lipinski definition) is 1. The molecule has 0 atom stereocenters. The second-order valence-corrected chi connectivity index (χ2v) is 10.7. The molecule has 0 spiro atoms. The van der Waals surface area contributed by atoms with Crippen LogP contribution in [0, 0.1) is 0 Å². The Kier molecular flexibility index (Phi) is 8.40. The summed E-state index contributed by atoms with van der Waals surface area (Å²) in [5.41, 5.74) is 2.99. The number of carbonyl (C=O) groups is 1. The maximum Gasteiger partial charge on any atom is 0.243 e. The van der Waals surface area contributed by atoms with Gasteiger partial charge in [0.1, 0.15) is 0 Å². The van der Waals surface area contributed by atoms with Crippen LogP contribution in [0.15, 0.2) is 53.4 Å². The summed E-state index contributed by atoms with van der Waals surface area (Å²) in [5.74, 6) is -0.189. The zero-order valence-corrected chi connectivity index (χ0v) is 20.3. The Balaban J connectivity index is 1.99. The van der Waals surface area contributed by atoms with Crippen molar-refractivity contribution >= 4 is 21.6 Å². The van der Waals surface area contributed by atoms with Crippen LogP contribution in [0.1, 0.15) is 45.7 Å². The first kappa shape index (κ1) is 25.0. The van der Waals surface area contributed by atoms with Crippen molar-refractivity contribution in [1.82, 2.24) is 9.21 Å². The molecule has 0 saturated carbocycles. The van der Waals surface area contributed by atoms with E-state index in [0.717, 1.165) is 5.56 Å². The average molecular weight is 446 g/mol. The Labute approximate surface area is 187 Å². The van der Waals surface area contributed by atoms with E-state index in [4.69, 9.17) is 0 Å². The van der Waals surface area contributed by atoms with Gasteiger partial charge in [0, 0.05) is 25.3 Å². The quantitative estimate of drug-likeness (QED) is 0.631. The van der Waals surface area contributed by atoms with Crippen LogP contribution in [0.2, 0.25) is 0 Å². The molecule has 2 rings (SSSR count). The molecule has 7 heteroatoms. The summed E-state index contributed by atoms with van der Waals surface area (Å²) in [4.78, 5) is 14.6. The van der Waals surface area contributed by atoms with Crippen molar-refractivity contribution in [3.8, 4) is 0 Å².